The molecule has 4 aliphatic rings. The van der Waals surface area contributed by atoms with E-state index in [0.29, 0.717) is 34.4 Å². The van der Waals surface area contributed by atoms with Crippen LogP contribution in [0.4, 0.5) is 11.6 Å². The molecule has 18 nitrogen and oxygen atoms in total. The highest BCUT2D eigenvalue weighted by molar-refractivity contribution is 5.91. The number of phenolic OH excluding ortho intramolecular Hbond substituents is 1. The van der Waals surface area contributed by atoms with Gasteiger partial charge in [0.15, 0.2) is 17.4 Å². The lowest BCUT2D eigenvalue weighted by Crippen LogP contribution is -2.48. The highest BCUT2D eigenvalue weighted by Gasteiger charge is 2.44. The number of imidazole rings is 1. The minimum absolute atomic E-state index is 0.0804. The number of carbonyl (C=O) groups excluding carboxylic acids is 2. The summed E-state index contributed by atoms with van der Waals surface area (Å²) in [5.74, 6) is 8.95. The second-order valence-electron chi connectivity index (χ2n) is 21.4. The lowest BCUT2D eigenvalue weighted by molar-refractivity contribution is -0.141. The van der Waals surface area contributed by atoms with Crippen molar-refractivity contribution in [3.05, 3.63) is 103 Å². The van der Waals surface area contributed by atoms with Crippen molar-refractivity contribution in [3.63, 3.8) is 0 Å². The molecule has 0 radical (unpaired) electrons. The Bertz CT molecular complexity index is 2990. The van der Waals surface area contributed by atoms with Gasteiger partial charge >= 0.3 is 0 Å². The van der Waals surface area contributed by atoms with Crippen LogP contribution >= 0.6 is 0 Å². The van der Waals surface area contributed by atoms with Crippen LogP contribution in [0.3, 0.4) is 0 Å². The lowest BCUT2D eigenvalue weighted by Gasteiger charge is -2.40. The van der Waals surface area contributed by atoms with E-state index in [1.54, 1.807) is 30.6 Å². The number of β-amino-alcohol motifs (C(OH)–C–C–N with tert-alkyl or cyclic N) is 1. The summed E-state index contributed by atoms with van der Waals surface area (Å²) in [6, 6.07) is 17.4. The summed E-state index contributed by atoms with van der Waals surface area (Å²) in [6.45, 7) is 14.8. The number of ether oxygens (including phenoxy) is 1. The van der Waals surface area contributed by atoms with E-state index in [-0.39, 0.29) is 66.6 Å². The van der Waals surface area contributed by atoms with Crippen molar-refractivity contribution < 1.29 is 29.1 Å². The number of aromatic nitrogens is 7. The molecule has 0 bridgehead atoms. The van der Waals surface area contributed by atoms with Crippen LogP contribution in [0.25, 0.3) is 28.1 Å². The van der Waals surface area contributed by atoms with Gasteiger partial charge in [-0.3, -0.25) is 14.3 Å². The van der Waals surface area contributed by atoms with Gasteiger partial charge in [-0.05, 0) is 107 Å². The third-order valence-corrected chi connectivity index (χ3v) is 15.8. The fourth-order valence-corrected chi connectivity index (χ4v) is 11.2. The van der Waals surface area contributed by atoms with E-state index in [1.165, 1.54) is 4.90 Å². The zero-order valence-electron chi connectivity index (χ0n) is 43.6. The van der Waals surface area contributed by atoms with Gasteiger partial charge in [-0.15, -0.1) is 10.2 Å². The number of aromatic hydroxyl groups is 1. The van der Waals surface area contributed by atoms with Crippen LogP contribution in [0, 0.1) is 36.5 Å². The highest BCUT2D eigenvalue weighted by atomic mass is 16.5. The average Bonchev–Trinajstić information content (AvgIpc) is 4.24. The molecule has 7 heterocycles. The number of para-hydroxylation sites is 1. The molecular weight excluding hydrogens is 949 g/mol. The first-order chi connectivity index (χ1) is 36.2. The van der Waals surface area contributed by atoms with E-state index in [1.807, 2.05) is 98.7 Å². The number of rotatable bonds is 15. The number of benzene rings is 2. The summed E-state index contributed by atoms with van der Waals surface area (Å²) >= 11 is 0. The largest absolute Gasteiger partial charge is 0.507 e. The summed E-state index contributed by atoms with van der Waals surface area (Å²) in [5, 5.41) is 41.6. The number of aliphatic hydroxyl groups excluding tert-OH is 1. The first-order valence-electron chi connectivity index (χ1n) is 26.7. The number of nitrogen functional groups attached to an aromatic ring is 1. The third-order valence-electron chi connectivity index (χ3n) is 15.8. The smallest absolute Gasteiger partial charge is 0.243 e. The van der Waals surface area contributed by atoms with Gasteiger partial charge in [0.1, 0.15) is 29.6 Å². The number of carbonyl (C=O) groups is 2. The standard InChI is InChI=1S/C57H70N12O6/c1-35(2)54(57(73)68-34-44(70)28-50(68)56(72)61-37(4)41-12-14-43(15-13-41)67-25-20-59-38(67)5)52-30-53(64-75-52)66-23-16-39(17-24-66)32-65-21-18-45(19-22-65)74-46-26-40(27-46)11-10-36(3)69-33-42(31-60-69)48-29-49(62-63-55(48)58)47-8-6-7-9-51(47)71/h6-9,12-15,20,25,29-31,33,35-37,39-40,44-46,50,54,70-71H,16-19,21-24,26-28,32,34H2,1-5H3,(H2,58,63)(H,61,72)/t36-,37+,40?,44-,46?,50+,54-/m1/s1. The quantitative estimate of drug-likeness (QED) is 0.0755. The number of hydrogen-bond acceptors (Lipinski definition) is 14. The number of nitrogens with one attached hydrogen (secondary N) is 1. The molecule has 10 rings (SSSR count). The number of amides is 2. The van der Waals surface area contributed by atoms with E-state index < -0.39 is 18.1 Å². The van der Waals surface area contributed by atoms with Gasteiger partial charge in [-0.1, -0.05) is 55.1 Å². The first kappa shape index (κ1) is 51.4. The number of aliphatic hydroxyl groups is 1. The normalized spacial score (nSPS) is 21.9. The average molecular weight is 1020 g/mol. The van der Waals surface area contributed by atoms with Crippen LogP contribution in [0.1, 0.15) is 108 Å². The van der Waals surface area contributed by atoms with Crippen molar-refractivity contribution in [3.8, 4) is 45.7 Å². The van der Waals surface area contributed by atoms with Crippen LogP contribution in [-0.2, 0) is 14.3 Å². The molecule has 0 spiro atoms. The molecule has 5 N–H and O–H groups in total. The minimum Gasteiger partial charge on any atom is -0.507 e. The van der Waals surface area contributed by atoms with Crippen LogP contribution < -0.4 is 16.0 Å². The molecule has 5 atom stereocenters. The first-order valence-corrected chi connectivity index (χ1v) is 26.7. The van der Waals surface area contributed by atoms with E-state index in [0.717, 1.165) is 99.7 Å². The molecule has 1 saturated carbocycles. The van der Waals surface area contributed by atoms with E-state index in [9.17, 15) is 19.8 Å². The number of phenols is 1. The molecule has 4 fully saturated rings. The summed E-state index contributed by atoms with van der Waals surface area (Å²) in [7, 11) is 0. The predicted octanol–water partition coefficient (Wildman–Crippen LogP) is 7.10. The van der Waals surface area contributed by atoms with Gasteiger partial charge in [0.25, 0.3) is 0 Å². The van der Waals surface area contributed by atoms with Crippen molar-refractivity contribution in [2.24, 2.45) is 17.8 Å². The number of nitrogens with two attached hydrogens (primary N) is 1. The van der Waals surface area contributed by atoms with Crippen LogP contribution in [0.15, 0.2) is 90.0 Å². The Morgan fingerprint density at radius 2 is 1.69 bits per heavy atom. The molecule has 18 heteroatoms. The number of piperidine rings is 2. The van der Waals surface area contributed by atoms with Gasteiger partial charge in [-0.2, -0.15) is 5.10 Å². The molecular formula is C57H70N12O6. The van der Waals surface area contributed by atoms with Crippen LogP contribution in [0.5, 0.6) is 5.75 Å². The molecule has 0 unspecified atom stereocenters. The lowest BCUT2D eigenvalue weighted by atomic mass is 9.82. The van der Waals surface area contributed by atoms with Gasteiger partial charge in [-0.25, -0.2) is 4.98 Å². The molecule has 1 aliphatic carbocycles. The maximum absolute atomic E-state index is 14.4. The zero-order valence-corrected chi connectivity index (χ0v) is 43.6. The number of likely N-dealkylation sites (tertiary alicyclic amines) is 2. The van der Waals surface area contributed by atoms with E-state index in [2.05, 4.69) is 52.4 Å². The molecule has 394 valence electrons. The molecule has 6 aromatic rings. The van der Waals surface area contributed by atoms with Crippen molar-refractivity contribution >= 4 is 23.5 Å². The van der Waals surface area contributed by atoms with Gasteiger partial charge in [0, 0.05) is 98.6 Å². The summed E-state index contributed by atoms with van der Waals surface area (Å²) < 4.78 is 16.3. The summed E-state index contributed by atoms with van der Waals surface area (Å²) in [6.07, 6.45) is 13.3. The summed E-state index contributed by atoms with van der Waals surface area (Å²) in [4.78, 5) is 38.8. The SMILES string of the molecule is Cc1nccn1-c1ccc([C@H](C)NC(=O)[C@@H]2C[C@@H](O)CN2C(=O)[C@@H](c2cc(N3CCC(CN4CCC(OC5CC(C#C[C@@H](C)n6cc(-c7cc(-c8ccccc8O)nnc7N)cn6)C5)CC4)CC3)no2)C(C)C)cc1. The van der Waals surface area contributed by atoms with Crippen LogP contribution in [0.2, 0.25) is 0 Å². The Balaban J connectivity index is 0.643. The summed E-state index contributed by atoms with van der Waals surface area (Å²) in [5.41, 5.74) is 10.7. The van der Waals surface area contributed by atoms with Gasteiger partial charge in [0.2, 0.25) is 11.8 Å². The Morgan fingerprint density at radius 3 is 2.41 bits per heavy atom. The number of nitrogens with zero attached hydrogens (tertiary/aromatic N) is 10. The Kier molecular flexibility index (Phi) is 15.4. The fraction of sp³-hybridized carbons (Fsp3) is 0.491. The Morgan fingerprint density at radius 1 is 0.933 bits per heavy atom. The van der Waals surface area contributed by atoms with Crippen molar-refractivity contribution in [1.29, 1.82) is 0 Å². The number of anilines is 2. The zero-order chi connectivity index (χ0) is 52.3. The van der Waals surface area contributed by atoms with Crippen LogP contribution in [-0.4, -0.2) is 130 Å². The number of hydrogen-bond donors (Lipinski definition) is 4. The van der Waals surface area contributed by atoms with Gasteiger partial charge < -0.3 is 49.8 Å². The number of aryl methyl sites for hydroxylation is 1. The highest BCUT2D eigenvalue weighted by Crippen LogP contribution is 2.37. The van der Waals surface area contributed by atoms with Gasteiger partial charge in [0.05, 0.1) is 36.2 Å². The Hall–Kier alpha value is -7.07. The van der Waals surface area contributed by atoms with Crippen molar-refractivity contribution in [1.82, 2.24) is 49.8 Å². The van der Waals surface area contributed by atoms with E-state index in [4.69, 9.17) is 15.0 Å². The predicted molar refractivity (Wildman–Crippen MR) is 284 cm³/mol. The molecule has 4 aromatic heterocycles. The minimum atomic E-state index is -0.806. The van der Waals surface area contributed by atoms with Crippen molar-refractivity contribution in [2.45, 2.75) is 122 Å². The molecule has 3 saturated heterocycles. The maximum atomic E-state index is 14.4. The molecule has 2 amide bonds. The van der Waals surface area contributed by atoms with Crippen molar-refractivity contribution in [2.75, 3.05) is 49.9 Å². The van der Waals surface area contributed by atoms with E-state index >= 15 is 0 Å². The molecule has 3 aliphatic heterocycles. The Labute approximate surface area is 438 Å². The third kappa shape index (κ3) is 11.6. The molecule has 2 aromatic carbocycles. The fourth-order valence-electron chi connectivity index (χ4n) is 11.2. The molecule has 75 heavy (non-hydrogen) atoms. The maximum Gasteiger partial charge on any atom is 0.243 e. The monoisotopic (exact) mass is 1020 g/mol. The topological polar surface area (TPSA) is 219 Å². The second-order valence-corrected chi connectivity index (χ2v) is 21.4. The second kappa shape index (κ2) is 22.4.